The molecule has 0 spiro atoms. The van der Waals surface area contributed by atoms with E-state index in [0.29, 0.717) is 17.2 Å². The first kappa shape index (κ1) is 18.3. The van der Waals surface area contributed by atoms with Crippen molar-refractivity contribution in [2.24, 2.45) is 0 Å². The first-order valence-electron chi connectivity index (χ1n) is 8.61. The Morgan fingerprint density at radius 2 is 1.88 bits per heavy atom. The summed E-state index contributed by atoms with van der Waals surface area (Å²) < 4.78 is 5.53. The second-order valence-electron chi connectivity index (χ2n) is 6.27. The fraction of sp³-hybridized carbons (Fsp3) is 0.300. The molecular weight excluding hydrogens is 352 g/mol. The van der Waals surface area contributed by atoms with Crippen LogP contribution < -0.4 is 15.0 Å². The third-order valence-corrected chi connectivity index (χ3v) is 4.59. The molecule has 1 atom stereocenters. The summed E-state index contributed by atoms with van der Waals surface area (Å²) in [4.78, 5) is 25.6. The molecule has 1 unspecified atom stereocenters. The van der Waals surface area contributed by atoms with Gasteiger partial charge in [0, 0.05) is 23.7 Å². The maximum Gasteiger partial charge on any atom is 0.258 e. The molecule has 5 nitrogen and oxygen atoms in total. The molecule has 6 heteroatoms. The lowest BCUT2D eigenvalue weighted by Gasteiger charge is -2.17. The van der Waals surface area contributed by atoms with E-state index in [0.717, 1.165) is 24.2 Å². The van der Waals surface area contributed by atoms with Crippen molar-refractivity contribution < 1.29 is 14.3 Å². The van der Waals surface area contributed by atoms with Gasteiger partial charge in [-0.2, -0.15) is 0 Å². The van der Waals surface area contributed by atoms with Crippen molar-refractivity contribution in [2.75, 3.05) is 18.1 Å². The minimum absolute atomic E-state index is 0.0695. The maximum atomic E-state index is 12.1. The van der Waals surface area contributed by atoms with Gasteiger partial charge in [0.25, 0.3) is 5.91 Å². The van der Waals surface area contributed by atoms with Gasteiger partial charge in [-0.05, 0) is 55.3 Å². The molecule has 2 aromatic carbocycles. The lowest BCUT2D eigenvalue weighted by molar-refractivity contribution is -0.123. The molecule has 136 valence electrons. The van der Waals surface area contributed by atoms with Crippen molar-refractivity contribution in [1.82, 2.24) is 5.32 Å². The number of carbonyl (C=O) groups is 2. The van der Waals surface area contributed by atoms with Crippen LogP contribution in [0.3, 0.4) is 0 Å². The highest BCUT2D eigenvalue weighted by molar-refractivity contribution is 6.30. The van der Waals surface area contributed by atoms with E-state index in [-0.39, 0.29) is 24.5 Å². The van der Waals surface area contributed by atoms with Gasteiger partial charge in [-0.3, -0.25) is 9.59 Å². The second-order valence-corrected chi connectivity index (χ2v) is 6.71. The Labute approximate surface area is 157 Å². The molecule has 1 saturated heterocycles. The van der Waals surface area contributed by atoms with Crippen molar-refractivity contribution in [2.45, 2.75) is 25.8 Å². The zero-order valence-electron chi connectivity index (χ0n) is 14.6. The first-order chi connectivity index (χ1) is 12.5. The molecule has 0 aliphatic carbocycles. The normalized spacial score (nSPS) is 15.0. The monoisotopic (exact) mass is 372 g/mol. The average Bonchev–Trinajstić information content (AvgIpc) is 3.07. The Kier molecular flexibility index (Phi) is 5.78. The highest BCUT2D eigenvalue weighted by Gasteiger charge is 2.21. The van der Waals surface area contributed by atoms with E-state index in [4.69, 9.17) is 16.3 Å². The van der Waals surface area contributed by atoms with Gasteiger partial charge in [0.15, 0.2) is 6.61 Å². The number of nitrogens with zero attached hydrogens (tertiary/aromatic N) is 1. The molecular formula is C20H21ClN2O3. The van der Waals surface area contributed by atoms with Crippen LogP contribution in [0.2, 0.25) is 5.02 Å². The molecule has 1 fully saturated rings. The summed E-state index contributed by atoms with van der Waals surface area (Å²) in [5, 5.41) is 3.55. The van der Waals surface area contributed by atoms with Crippen LogP contribution in [0, 0.1) is 0 Å². The molecule has 26 heavy (non-hydrogen) atoms. The van der Waals surface area contributed by atoms with Gasteiger partial charge >= 0.3 is 0 Å². The van der Waals surface area contributed by atoms with Crippen molar-refractivity contribution in [3.05, 3.63) is 59.1 Å². The quantitative estimate of drug-likeness (QED) is 0.840. The van der Waals surface area contributed by atoms with E-state index in [2.05, 4.69) is 5.32 Å². The Morgan fingerprint density at radius 3 is 2.50 bits per heavy atom. The zero-order valence-corrected chi connectivity index (χ0v) is 15.3. The fourth-order valence-corrected chi connectivity index (χ4v) is 3.04. The Morgan fingerprint density at radius 1 is 1.19 bits per heavy atom. The minimum Gasteiger partial charge on any atom is -0.484 e. The van der Waals surface area contributed by atoms with Crippen LogP contribution in [-0.2, 0) is 9.59 Å². The second kappa shape index (κ2) is 8.23. The molecule has 0 bridgehead atoms. The summed E-state index contributed by atoms with van der Waals surface area (Å²) in [6, 6.07) is 14.4. The Bertz CT molecular complexity index is 775. The fourth-order valence-electron chi connectivity index (χ4n) is 2.91. The molecule has 0 aromatic heterocycles. The summed E-state index contributed by atoms with van der Waals surface area (Å²) in [6.45, 7) is 2.59. The van der Waals surface area contributed by atoms with Crippen LogP contribution in [0.25, 0.3) is 0 Å². The summed E-state index contributed by atoms with van der Waals surface area (Å²) >= 11 is 5.87. The predicted octanol–water partition coefficient (Wildman–Crippen LogP) is 3.72. The van der Waals surface area contributed by atoms with Crippen LogP contribution in [-0.4, -0.2) is 25.0 Å². The first-order valence-corrected chi connectivity index (χ1v) is 8.99. The summed E-state index contributed by atoms with van der Waals surface area (Å²) in [7, 11) is 0. The minimum atomic E-state index is -0.203. The van der Waals surface area contributed by atoms with Gasteiger partial charge in [-0.15, -0.1) is 0 Å². The van der Waals surface area contributed by atoms with Gasteiger partial charge in [0.2, 0.25) is 5.91 Å². The van der Waals surface area contributed by atoms with Crippen LogP contribution in [0.5, 0.6) is 5.75 Å². The van der Waals surface area contributed by atoms with Gasteiger partial charge in [0.1, 0.15) is 5.75 Å². The number of anilines is 1. The summed E-state index contributed by atoms with van der Waals surface area (Å²) in [5.41, 5.74) is 1.84. The van der Waals surface area contributed by atoms with E-state index >= 15 is 0 Å². The van der Waals surface area contributed by atoms with E-state index in [9.17, 15) is 9.59 Å². The number of ether oxygens (including phenoxy) is 1. The molecule has 1 aliphatic heterocycles. The highest BCUT2D eigenvalue weighted by Crippen LogP contribution is 2.24. The van der Waals surface area contributed by atoms with E-state index in [1.807, 2.05) is 31.2 Å². The number of nitrogens with one attached hydrogen (secondary N) is 1. The van der Waals surface area contributed by atoms with Crippen molar-refractivity contribution in [3.8, 4) is 5.75 Å². The number of hydrogen-bond donors (Lipinski definition) is 1. The SMILES string of the molecule is CC(NC(=O)COc1ccc(N2CCCC2=O)cc1)c1ccc(Cl)cc1. The zero-order chi connectivity index (χ0) is 18.5. The largest absolute Gasteiger partial charge is 0.484 e. The lowest BCUT2D eigenvalue weighted by atomic mass is 10.1. The number of carbonyl (C=O) groups excluding carboxylic acids is 2. The number of benzene rings is 2. The van der Waals surface area contributed by atoms with Crippen LogP contribution in [0.4, 0.5) is 5.69 Å². The van der Waals surface area contributed by atoms with Crippen molar-refractivity contribution in [1.29, 1.82) is 0 Å². The molecule has 1 N–H and O–H groups in total. The Balaban J connectivity index is 1.49. The topological polar surface area (TPSA) is 58.6 Å². The summed E-state index contributed by atoms with van der Waals surface area (Å²) in [6.07, 6.45) is 1.49. The Hall–Kier alpha value is -2.53. The third-order valence-electron chi connectivity index (χ3n) is 4.34. The number of halogens is 1. The van der Waals surface area contributed by atoms with Crippen molar-refractivity contribution >= 4 is 29.1 Å². The van der Waals surface area contributed by atoms with E-state index in [1.165, 1.54) is 0 Å². The number of hydrogen-bond acceptors (Lipinski definition) is 3. The van der Waals surface area contributed by atoms with Gasteiger partial charge in [0.05, 0.1) is 6.04 Å². The van der Waals surface area contributed by atoms with Crippen LogP contribution in [0.15, 0.2) is 48.5 Å². The van der Waals surface area contributed by atoms with E-state index in [1.54, 1.807) is 29.2 Å². The molecule has 1 aliphatic rings. The molecule has 0 radical (unpaired) electrons. The van der Waals surface area contributed by atoms with Gasteiger partial charge in [-0.1, -0.05) is 23.7 Å². The third kappa shape index (κ3) is 4.55. The van der Waals surface area contributed by atoms with Crippen molar-refractivity contribution in [3.63, 3.8) is 0 Å². The smallest absolute Gasteiger partial charge is 0.258 e. The predicted molar refractivity (Wildman–Crippen MR) is 102 cm³/mol. The number of rotatable bonds is 6. The maximum absolute atomic E-state index is 12.1. The van der Waals surface area contributed by atoms with Gasteiger partial charge < -0.3 is 15.0 Å². The highest BCUT2D eigenvalue weighted by atomic mass is 35.5. The average molecular weight is 373 g/mol. The molecule has 2 amide bonds. The standard InChI is InChI=1S/C20H21ClN2O3/c1-14(15-4-6-16(21)7-5-15)22-19(24)13-26-18-10-8-17(9-11-18)23-12-2-3-20(23)25/h4-11,14H,2-3,12-13H2,1H3,(H,22,24). The molecule has 1 heterocycles. The molecule has 0 saturated carbocycles. The summed E-state index contributed by atoms with van der Waals surface area (Å²) in [5.74, 6) is 0.537. The van der Waals surface area contributed by atoms with Crippen LogP contribution >= 0.6 is 11.6 Å². The van der Waals surface area contributed by atoms with Gasteiger partial charge in [-0.25, -0.2) is 0 Å². The number of amides is 2. The van der Waals surface area contributed by atoms with E-state index < -0.39 is 0 Å². The lowest BCUT2D eigenvalue weighted by Crippen LogP contribution is -2.31. The molecule has 3 rings (SSSR count). The van der Waals surface area contributed by atoms with Crippen LogP contribution in [0.1, 0.15) is 31.4 Å². The molecule has 2 aromatic rings.